The quantitative estimate of drug-likeness (QED) is 0.632. The molecule has 0 spiro atoms. The molecule has 3 nitrogen and oxygen atoms in total. The largest absolute Gasteiger partial charge is 0.390 e. The highest BCUT2D eigenvalue weighted by atomic mass is 16.3. The lowest BCUT2D eigenvalue weighted by molar-refractivity contribution is 0.114. The van der Waals surface area contributed by atoms with Gasteiger partial charge in [0.15, 0.2) is 0 Å². The summed E-state index contributed by atoms with van der Waals surface area (Å²) in [7, 11) is 0. The molecule has 0 unspecified atom stereocenters. The first-order valence-electron chi connectivity index (χ1n) is 4.75. The Morgan fingerprint density at radius 3 is 2.67 bits per heavy atom. The van der Waals surface area contributed by atoms with Crippen molar-refractivity contribution in [1.82, 2.24) is 4.90 Å². The summed E-state index contributed by atoms with van der Waals surface area (Å²) in [6, 6.07) is 0.612. The minimum absolute atomic E-state index is 0.349. The number of hydrogen-bond acceptors (Lipinski definition) is 3. The van der Waals surface area contributed by atoms with E-state index in [1.54, 1.807) is 0 Å². The van der Waals surface area contributed by atoms with Crippen LogP contribution in [-0.4, -0.2) is 41.8 Å². The number of β-amino-alcohol motifs (C(OH)–C–C–N with tert-alkyl or cyclic N) is 1. The van der Waals surface area contributed by atoms with E-state index in [1.165, 1.54) is 6.42 Å². The van der Waals surface area contributed by atoms with E-state index in [0.29, 0.717) is 12.6 Å². The Balaban J connectivity index is 2.32. The first-order valence-corrected chi connectivity index (χ1v) is 4.75. The molecule has 0 radical (unpaired) electrons. The van der Waals surface area contributed by atoms with Gasteiger partial charge in [-0.3, -0.25) is 4.90 Å². The summed E-state index contributed by atoms with van der Waals surface area (Å²) in [5, 5.41) is 9.36. The molecule has 0 aromatic heterocycles. The fourth-order valence-electron chi connectivity index (χ4n) is 1.99. The van der Waals surface area contributed by atoms with Crippen molar-refractivity contribution in [2.24, 2.45) is 11.7 Å². The third-order valence-electron chi connectivity index (χ3n) is 2.63. The van der Waals surface area contributed by atoms with E-state index < -0.39 is 0 Å². The number of hydrogen-bond donors (Lipinski definition) is 2. The van der Waals surface area contributed by atoms with Crippen LogP contribution in [0.1, 0.15) is 20.3 Å². The number of nitrogens with two attached hydrogens (primary N) is 1. The highest BCUT2D eigenvalue weighted by Crippen LogP contribution is 2.21. The van der Waals surface area contributed by atoms with Gasteiger partial charge in [0.05, 0.1) is 6.10 Å². The highest BCUT2D eigenvalue weighted by molar-refractivity contribution is 4.81. The van der Waals surface area contributed by atoms with E-state index in [0.717, 1.165) is 19.0 Å². The molecule has 3 atom stereocenters. The van der Waals surface area contributed by atoms with E-state index in [4.69, 9.17) is 5.73 Å². The molecule has 0 aromatic rings. The molecule has 72 valence electrons. The number of likely N-dealkylation sites (tertiary alicyclic amines) is 1. The summed E-state index contributed by atoms with van der Waals surface area (Å²) in [5.41, 5.74) is 5.35. The van der Waals surface area contributed by atoms with Gasteiger partial charge in [0.2, 0.25) is 0 Å². The molecular weight excluding hydrogens is 152 g/mol. The molecule has 1 saturated heterocycles. The van der Waals surface area contributed by atoms with Crippen molar-refractivity contribution in [3.63, 3.8) is 0 Å². The van der Waals surface area contributed by atoms with E-state index in [-0.39, 0.29) is 6.10 Å². The summed E-state index contributed by atoms with van der Waals surface area (Å²) in [4.78, 5) is 2.32. The fraction of sp³-hybridized carbons (Fsp3) is 1.00. The molecule has 12 heavy (non-hydrogen) atoms. The molecule has 1 heterocycles. The van der Waals surface area contributed by atoms with E-state index in [1.807, 2.05) is 0 Å². The van der Waals surface area contributed by atoms with Crippen molar-refractivity contribution in [2.75, 3.05) is 19.6 Å². The zero-order valence-corrected chi connectivity index (χ0v) is 8.03. The zero-order chi connectivity index (χ0) is 9.14. The molecule has 0 aliphatic carbocycles. The minimum atomic E-state index is -0.349. The summed E-state index contributed by atoms with van der Waals surface area (Å²) in [6.45, 7) is 6.69. The van der Waals surface area contributed by atoms with Gasteiger partial charge in [0.25, 0.3) is 0 Å². The lowest BCUT2D eigenvalue weighted by Crippen LogP contribution is -2.38. The van der Waals surface area contributed by atoms with Crippen LogP contribution in [0.2, 0.25) is 0 Å². The molecule has 0 aromatic carbocycles. The fourth-order valence-corrected chi connectivity index (χ4v) is 1.99. The standard InChI is InChI=1S/C9H20N2O/c1-7-3-8(2)11(5-7)6-9(12)4-10/h7-9,12H,3-6,10H2,1-2H3/t7-,8-,9+/m1/s1. The second-order valence-electron chi connectivity index (χ2n) is 4.03. The van der Waals surface area contributed by atoms with Gasteiger partial charge >= 0.3 is 0 Å². The van der Waals surface area contributed by atoms with Crippen molar-refractivity contribution < 1.29 is 5.11 Å². The Labute approximate surface area is 74.5 Å². The summed E-state index contributed by atoms with van der Waals surface area (Å²) in [5.74, 6) is 0.768. The smallest absolute Gasteiger partial charge is 0.0789 e. The lowest BCUT2D eigenvalue weighted by atomic mass is 10.1. The van der Waals surface area contributed by atoms with E-state index >= 15 is 0 Å². The normalized spacial score (nSPS) is 34.0. The maximum absolute atomic E-state index is 9.36. The van der Waals surface area contributed by atoms with Crippen LogP contribution in [0.5, 0.6) is 0 Å². The SMILES string of the molecule is C[C@@H]1C[C@@H](C)N(C[C@@H](O)CN)C1. The van der Waals surface area contributed by atoms with Crippen LogP contribution in [0.15, 0.2) is 0 Å². The molecule has 0 amide bonds. The Hall–Kier alpha value is -0.120. The molecule has 3 N–H and O–H groups in total. The van der Waals surface area contributed by atoms with Crippen LogP contribution in [0.3, 0.4) is 0 Å². The van der Waals surface area contributed by atoms with Gasteiger partial charge in [-0.05, 0) is 19.3 Å². The van der Waals surface area contributed by atoms with Gasteiger partial charge in [0.1, 0.15) is 0 Å². The van der Waals surface area contributed by atoms with E-state index in [9.17, 15) is 5.11 Å². The first-order chi connectivity index (χ1) is 5.63. The topological polar surface area (TPSA) is 49.5 Å². The minimum Gasteiger partial charge on any atom is -0.390 e. The molecule has 3 heteroatoms. The van der Waals surface area contributed by atoms with Crippen molar-refractivity contribution in [2.45, 2.75) is 32.4 Å². The number of rotatable bonds is 3. The van der Waals surface area contributed by atoms with Gasteiger partial charge < -0.3 is 10.8 Å². The van der Waals surface area contributed by atoms with Crippen LogP contribution in [0, 0.1) is 5.92 Å². The van der Waals surface area contributed by atoms with E-state index in [2.05, 4.69) is 18.7 Å². The Bertz CT molecular complexity index is 140. The Morgan fingerprint density at radius 1 is 1.58 bits per heavy atom. The van der Waals surface area contributed by atoms with Crippen molar-refractivity contribution in [3.8, 4) is 0 Å². The Morgan fingerprint density at radius 2 is 2.25 bits per heavy atom. The highest BCUT2D eigenvalue weighted by Gasteiger charge is 2.26. The van der Waals surface area contributed by atoms with Gasteiger partial charge in [-0.15, -0.1) is 0 Å². The summed E-state index contributed by atoms with van der Waals surface area (Å²) in [6.07, 6.45) is 0.898. The summed E-state index contributed by atoms with van der Waals surface area (Å²) >= 11 is 0. The summed E-state index contributed by atoms with van der Waals surface area (Å²) < 4.78 is 0. The van der Waals surface area contributed by atoms with Gasteiger partial charge in [0, 0.05) is 25.7 Å². The van der Waals surface area contributed by atoms with Gasteiger partial charge in [-0.2, -0.15) is 0 Å². The molecule has 1 rings (SSSR count). The molecule has 1 fully saturated rings. The number of aliphatic hydroxyl groups is 1. The van der Waals surface area contributed by atoms with Gasteiger partial charge in [-0.25, -0.2) is 0 Å². The van der Waals surface area contributed by atoms with Crippen molar-refractivity contribution in [3.05, 3.63) is 0 Å². The second-order valence-corrected chi connectivity index (χ2v) is 4.03. The lowest BCUT2D eigenvalue weighted by Gasteiger charge is -2.23. The van der Waals surface area contributed by atoms with Crippen LogP contribution >= 0.6 is 0 Å². The number of nitrogens with zero attached hydrogens (tertiary/aromatic N) is 1. The monoisotopic (exact) mass is 172 g/mol. The molecular formula is C9H20N2O. The average molecular weight is 172 g/mol. The first kappa shape index (κ1) is 9.96. The number of aliphatic hydroxyl groups excluding tert-OH is 1. The van der Waals surface area contributed by atoms with Gasteiger partial charge in [-0.1, -0.05) is 6.92 Å². The van der Waals surface area contributed by atoms with Crippen molar-refractivity contribution >= 4 is 0 Å². The average Bonchev–Trinajstić information content (AvgIpc) is 2.30. The van der Waals surface area contributed by atoms with Crippen LogP contribution in [-0.2, 0) is 0 Å². The second kappa shape index (κ2) is 4.21. The van der Waals surface area contributed by atoms with Crippen LogP contribution in [0.4, 0.5) is 0 Å². The molecule has 1 aliphatic heterocycles. The Kier molecular flexibility index (Phi) is 3.50. The third-order valence-corrected chi connectivity index (χ3v) is 2.63. The predicted molar refractivity (Wildman–Crippen MR) is 49.9 cm³/mol. The maximum Gasteiger partial charge on any atom is 0.0789 e. The molecule has 0 bridgehead atoms. The molecule has 1 aliphatic rings. The van der Waals surface area contributed by atoms with Crippen LogP contribution in [0.25, 0.3) is 0 Å². The molecule has 0 saturated carbocycles. The maximum atomic E-state index is 9.36. The van der Waals surface area contributed by atoms with Crippen LogP contribution < -0.4 is 5.73 Å². The predicted octanol–water partition coefficient (Wildman–Crippen LogP) is 0.0363. The zero-order valence-electron chi connectivity index (χ0n) is 8.03. The third kappa shape index (κ3) is 2.44. The van der Waals surface area contributed by atoms with Crippen molar-refractivity contribution in [1.29, 1.82) is 0 Å².